The van der Waals surface area contributed by atoms with Crippen molar-refractivity contribution in [2.75, 3.05) is 19.8 Å². The lowest BCUT2D eigenvalue weighted by Gasteiger charge is -2.13. The number of unbranched alkanes of at least 4 members (excludes halogenated alkanes) is 1. The Labute approximate surface area is 98.5 Å². The van der Waals surface area contributed by atoms with Crippen molar-refractivity contribution in [1.82, 2.24) is 0 Å². The minimum absolute atomic E-state index is 0.0348. The van der Waals surface area contributed by atoms with Crippen molar-refractivity contribution in [1.29, 1.82) is 0 Å². The van der Waals surface area contributed by atoms with E-state index in [4.69, 9.17) is 15.9 Å². The molecule has 0 radical (unpaired) electrons. The van der Waals surface area contributed by atoms with E-state index in [-0.39, 0.29) is 18.5 Å². The van der Waals surface area contributed by atoms with Crippen molar-refractivity contribution in [2.24, 2.45) is 5.92 Å². The second kappa shape index (κ2) is 10.5. The van der Waals surface area contributed by atoms with Gasteiger partial charge in [0.1, 0.15) is 13.2 Å². The number of terminal acetylenes is 1. The van der Waals surface area contributed by atoms with E-state index in [9.17, 15) is 4.79 Å². The normalized spacial score (nSPS) is 11.8. The van der Waals surface area contributed by atoms with E-state index in [1.165, 1.54) is 0 Å². The van der Waals surface area contributed by atoms with Crippen LogP contribution in [0.5, 0.6) is 0 Å². The molecule has 0 amide bonds. The Balaban J connectivity index is 3.63. The highest BCUT2D eigenvalue weighted by atomic mass is 16.6. The topological polar surface area (TPSA) is 35.5 Å². The molecule has 0 fully saturated rings. The van der Waals surface area contributed by atoms with Crippen molar-refractivity contribution < 1.29 is 14.3 Å². The van der Waals surface area contributed by atoms with Gasteiger partial charge in [-0.05, 0) is 12.8 Å². The maximum absolute atomic E-state index is 11.6. The van der Waals surface area contributed by atoms with Crippen LogP contribution in [0, 0.1) is 18.3 Å². The Morgan fingerprint density at radius 1 is 1.38 bits per heavy atom. The summed E-state index contributed by atoms with van der Waals surface area (Å²) in [6, 6.07) is 0. The molecule has 92 valence electrons. The van der Waals surface area contributed by atoms with Gasteiger partial charge in [-0.1, -0.05) is 32.6 Å². The lowest BCUT2D eigenvalue weighted by atomic mass is 10.00. The summed E-state index contributed by atoms with van der Waals surface area (Å²) in [4.78, 5) is 11.6. The summed E-state index contributed by atoms with van der Waals surface area (Å²) in [6.45, 7) is 5.07. The summed E-state index contributed by atoms with van der Waals surface area (Å²) in [7, 11) is 0. The van der Waals surface area contributed by atoms with Gasteiger partial charge in [0, 0.05) is 0 Å². The number of ether oxygens (including phenoxy) is 2. The van der Waals surface area contributed by atoms with Crippen LogP contribution in [0.4, 0.5) is 0 Å². The van der Waals surface area contributed by atoms with Gasteiger partial charge < -0.3 is 9.47 Å². The highest BCUT2D eigenvalue weighted by molar-refractivity contribution is 5.72. The van der Waals surface area contributed by atoms with E-state index >= 15 is 0 Å². The Bertz CT molecular complexity index is 218. The van der Waals surface area contributed by atoms with Gasteiger partial charge in [0.15, 0.2) is 0 Å². The third-order valence-corrected chi connectivity index (χ3v) is 2.39. The molecule has 3 nitrogen and oxygen atoms in total. The predicted molar refractivity (Wildman–Crippen MR) is 63.9 cm³/mol. The number of carbonyl (C=O) groups is 1. The molecule has 0 rings (SSSR count). The zero-order chi connectivity index (χ0) is 12.2. The van der Waals surface area contributed by atoms with Crippen LogP contribution in [0.25, 0.3) is 0 Å². The maximum atomic E-state index is 11.6. The first-order valence-corrected chi connectivity index (χ1v) is 5.94. The summed E-state index contributed by atoms with van der Waals surface area (Å²) in [5.74, 6) is 2.28. The second-order valence-electron chi connectivity index (χ2n) is 3.67. The molecule has 1 atom stereocenters. The first-order valence-electron chi connectivity index (χ1n) is 5.94. The molecule has 0 aromatic rings. The summed E-state index contributed by atoms with van der Waals surface area (Å²) in [6.07, 6.45) is 8.94. The molecule has 16 heavy (non-hydrogen) atoms. The van der Waals surface area contributed by atoms with E-state index in [1.807, 2.05) is 6.92 Å². The molecule has 0 saturated heterocycles. The first kappa shape index (κ1) is 15.0. The highest BCUT2D eigenvalue weighted by Gasteiger charge is 2.16. The number of hydrogen-bond donors (Lipinski definition) is 0. The van der Waals surface area contributed by atoms with E-state index in [0.29, 0.717) is 13.2 Å². The molecular weight excluding hydrogens is 204 g/mol. The minimum Gasteiger partial charge on any atom is -0.463 e. The van der Waals surface area contributed by atoms with Gasteiger partial charge in [0.2, 0.25) is 0 Å². The van der Waals surface area contributed by atoms with Crippen LogP contribution in [-0.2, 0) is 14.3 Å². The second-order valence-corrected chi connectivity index (χ2v) is 3.67. The van der Waals surface area contributed by atoms with Crippen molar-refractivity contribution in [2.45, 2.75) is 39.5 Å². The molecular formula is C13H22O3. The molecule has 0 aliphatic heterocycles. The lowest BCUT2D eigenvalue weighted by Crippen LogP contribution is -2.19. The standard InChI is InChI=1S/C13H22O3/c1-4-7-8-12(6-3)13(14)16-11-10-15-9-5-2/h2,12H,4,6-11H2,1,3H3. The number of carbonyl (C=O) groups excluding carboxylic acids is 1. The lowest BCUT2D eigenvalue weighted by molar-refractivity contribution is -0.150. The molecule has 0 spiro atoms. The molecule has 0 aromatic heterocycles. The summed E-state index contributed by atoms with van der Waals surface area (Å²) >= 11 is 0. The van der Waals surface area contributed by atoms with E-state index < -0.39 is 0 Å². The van der Waals surface area contributed by atoms with E-state index in [1.54, 1.807) is 0 Å². The quantitative estimate of drug-likeness (QED) is 0.344. The van der Waals surface area contributed by atoms with Crippen molar-refractivity contribution >= 4 is 5.97 Å². The molecule has 0 bridgehead atoms. The Morgan fingerprint density at radius 3 is 2.69 bits per heavy atom. The number of hydrogen-bond acceptors (Lipinski definition) is 3. The van der Waals surface area contributed by atoms with Crippen molar-refractivity contribution in [3.05, 3.63) is 0 Å². The molecule has 0 aliphatic rings. The molecule has 0 N–H and O–H groups in total. The van der Waals surface area contributed by atoms with Crippen LogP contribution in [-0.4, -0.2) is 25.8 Å². The van der Waals surface area contributed by atoms with Crippen LogP contribution in [0.2, 0.25) is 0 Å². The van der Waals surface area contributed by atoms with Gasteiger partial charge in [-0.25, -0.2) is 0 Å². The Kier molecular flexibility index (Phi) is 9.84. The fraction of sp³-hybridized carbons (Fsp3) is 0.769. The summed E-state index contributed by atoms with van der Waals surface area (Å²) in [5, 5.41) is 0. The molecule has 0 heterocycles. The van der Waals surface area contributed by atoms with Gasteiger partial charge in [0.05, 0.1) is 12.5 Å². The maximum Gasteiger partial charge on any atom is 0.308 e. The zero-order valence-corrected chi connectivity index (χ0v) is 10.3. The molecule has 0 saturated carbocycles. The van der Waals surface area contributed by atoms with Crippen LogP contribution >= 0.6 is 0 Å². The summed E-state index contributed by atoms with van der Waals surface area (Å²) in [5.41, 5.74) is 0. The monoisotopic (exact) mass is 226 g/mol. The average molecular weight is 226 g/mol. The van der Waals surface area contributed by atoms with E-state index in [0.717, 1.165) is 25.7 Å². The van der Waals surface area contributed by atoms with Crippen LogP contribution in [0.3, 0.4) is 0 Å². The highest BCUT2D eigenvalue weighted by Crippen LogP contribution is 2.14. The molecule has 3 heteroatoms. The molecule has 0 aliphatic carbocycles. The van der Waals surface area contributed by atoms with Crippen molar-refractivity contribution in [3.63, 3.8) is 0 Å². The van der Waals surface area contributed by atoms with Gasteiger partial charge >= 0.3 is 5.97 Å². The summed E-state index contributed by atoms with van der Waals surface area (Å²) < 4.78 is 10.1. The largest absolute Gasteiger partial charge is 0.463 e. The van der Waals surface area contributed by atoms with Gasteiger partial charge in [-0.2, -0.15) is 0 Å². The minimum atomic E-state index is -0.111. The first-order chi connectivity index (χ1) is 7.76. The van der Waals surface area contributed by atoms with Gasteiger partial charge in [0.25, 0.3) is 0 Å². The Hall–Kier alpha value is -1.01. The number of rotatable bonds is 9. The number of esters is 1. The average Bonchev–Trinajstić information content (AvgIpc) is 2.30. The van der Waals surface area contributed by atoms with Crippen molar-refractivity contribution in [3.8, 4) is 12.3 Å². The molecule has 0 aromatic carbocycles. The van der Waals surface area contributed by atoms with Crippen LogP contribution in [0.1, 0.15) is 39.5 Å². The van der Waals surface area contributed by atoms with Gasteiger partial charge in [-0.3, -0.25) is 4.79 Å². The third kappa shape index (κ3) is 7.30. The fourth-order valence-electron chi connectivity index (χ4n) is 1.39. The van der Waals surface area contributed by atoms with Gasteiger partial charge in [-0.15, -0.1) is 6.42 Å². The van der Waals surface area contributed by atoms with Crippen LogP contribution < -0.4 is 0 Å². The smallest absolute Gasteiger partial charge is 0.308 e. The molecule has 1 unspecified atom stereocenters. The van der Waals surface area contributed by atoms with E-state index in [2.05, 4.69) is 12.8 Å². The predicted octanol–water partition coefficient (Wildman–Crippen LogP) is 2.40. The van der Waals surface area contributed by atoms with Crippen LogP contribution in [0.15, 0.2) is 0 Å². The zero-order valence-electron chi connectivity index (χ0n) is 10.3. The SMILES string of the molecule is C#CCOCCOC(=O)C(CC)CCCC. The Morgan fingerprint density at radius 2 is 2.12 bits per heavy atom. The third-order valence-electron chi connectivity index (χ3n) is 2.39. The fourth-order valence-corrected chi connectivity index (χ4v) is 1.39.